The van der Waals surface area contributed by atoms with E-state index in [1.165, 1.54) is 22.3 Å². The second-order valence-electron chi connectivity index (χ2n) is 7.79. The van der Waals surface area contributed by atoms with Gasteiger partial charge in [0, 0.05) is 24.0 Å². The number of ether oxygens (including phenoxy) is 3. The van der Waals surface area contributed by atoms with E-state index in [0.29, 0.717) is 6.04 Å². The molecule has 0 amide bonds. The number of benzene rings is 2. The molecule has 2 unspecified atom stereocenters. The van der Waals surface area contributed by atoms with Crippen molar-refractivity contribution >= 4 is 0 Å². The number of aliphatic hydroxyl groups excluding tert-OH is 1. The van der Waals surface area contributed by atoms with Gasteiger partial charge in [-0.1, -0.05) is 6.07 Å². The Morgan fingerprint density at radius 2 is 1.81 bits per heavy atom. The lowest BCUT2D eigenvalue weighted by atomic mass is 9.81. The van der Waals surface area contributed by atoms with E-state index in [0.717, 1.165) is 53.2 Å². The number of nitrogens with zero attached hydrogens (tertiary/aromatic N) is 1. The molecule has 0 radical (unpaired) electrons. The highest BCUT2D eigenvalue weighted by Gasteiger charge is 2.44. The lowest BCUT2D eigenvalue weighted by Crippen LogP contribution is -2.53. The summed E-state index contributed by atoms with van der Waals surface area (Å²) >= 11 is 0. The number of quaternary nitrogens is 1. The number of hydrogen-bond acceptors (Lipinski definition) is 4. The van der Waals surface area contributed by atoms with E-state index >= 15 is 0 Å². The summed E-state index contributed by atoms with van der Waals surface area (Å²) in [5.74, 6) is 2.45. The molecular weight excluding hydrogens is 342 g/mol. The summed E-state index contributed by atoms with van der Waals surface area (Å²) in [6, 6.07) is 8.83. The molecule has 5 nitrogen and oxygen atoms in total. The molecule has 2 heterocycles. The van der Waals surface area contributed by atoms with E-state index in [2.05, 4.69) is 25.2 Å². The fourth-order valence-corrected chi connectivity index (χ4v) is 4.88. The zero-order valence-electron chi connectivity index (χ0n) is 16.5. The summed E-state index contributed by atoms with van der Waals surface area (Å²) in [7, 11) is 7.41. The van der Waals surface area contributed by atoms with Crippen molar-refractivity contribution in [2.24, 2.45) is 0 Å². The molecule has 5 heteroatoms. The van der Waals surface area contributed by atoms with Crippen LogP contribution in [0.5, 0.6) is 17.2 Å². The molecule has 0 saturated heterocycles. The van der Waals surface area contributed by atoms with E-state index in [9.17, 15) is 5.11 Å². The van der Waals surface area contributed by atoms with Crippen LogP contribution in [-0.4, -0.2) is 44.5 Å². The minimum Gasteiger partial charge on any atom is -0.496 e. The zero-order valence-corrected chi connectivity index (χ0v) is 16.5. The van der Waals surface area contributed by atoms with Crippen molar-refractivity contribution in [3.63, 3.8) is 0 Å². The summed E-state index contributed by atoms with van der Waals surface area (Å²) < 4.78 is 17.7. The fraction of sp³-hybridized carbons (Fsp3) is 0.455. The predicted octanol–water partition coefficient (Wildman–Crippen LogP) is 3.00. The minimum absolute atomic E-state index is 0.00702. The van der Waals surface area contributed by atoms with Crippen molar-refractivity contribution in [3.8, 4) is 17.2 Å². The maximum absolute atomic E-state index is 9.66. The van der Waals surface area contributed by atoms with Gasteiger partial charge in [-0.2, -0.15) is 0 Å². The molecule has 2 aromatic rings. The number of hydrogen-bond donors (Lipinski definition) is 1. The first-order valence-electron chi connectivity index (χ1n) is 9.42. The van der Waals surface area contributed by atoms with E-state index in [1.807, 2.05) is 6.07 Å². The molecule has 0 aromatic heterocycles. The highest BCUT2D eigenvalue weighted by Crippen LogP contribution is 2.48. The van der Waals surface area contributed by atoms with Crippen LogP contribution in [0.15, 0.2) is 24.3 Å². The monoisotopic (exact) mass is 370 g/mol. The minimum atomic E-state index is 0.00702. The van der Waals surface area contributed by atoms with Crippen LogP contribution in [0.3, 0.4) is 0 Å². The molecule has 27 heavy (non-hydrogen) atoms. The maximum atomic E-state index is 9.66. The first-order valence-corrected chi connectivity index (χ1v) is 9.42. The molecule has 2 atom stereocenters. The van der Waals surface area contributed by atoms with Crippen molar-refractivity contribution in [3.05, 3.63) is 52.1 Å². The Balaban J connectivity index is 1.82. The van der Waals surface area contributed by atoms with Crippen molar-refractivity contribution in [2.45, 2.75) is 32.0 Å². The van der Waals surface area contributed by atoms with E-state index < -0.39 is 0 Å². The van der Waals surface area contributed by atoms with Gasteiger partial charge in [-0.05, 0) is 29.3 Å². The fourth-order valence-electron chi connectivity index (χ4n) is 4.88. The molecule has 1 N–H and O–H groups in total. The van der Waals surface area contributed by atoms with Gasteiger partial charge in [0.1, 0.15) is 18.3 Å². The van der Waals surface area contributed by atoms with Crippen molar-refractivity contribution in [1.29, 1.82) is 0 Å². The Morgan fingerprint density at radius 1 is 1.04 bits per heavy atom. The predicted molar refractivity (Wildman–Crippen MR) is 103 cm³/mol. The Labute approximate surface area is 160 Å². The quantitative estimate of drug-likeness (QED) is 0.841. The Hall–Kier alpha value is -2.24. The second kappa shape index (κ2) is 6.73. The number of fused-ring (bicyclic) bond motifs is 4. The smallest absolute Gasteiger partial charge is 0.169 e. The standard InChI is InChI=1S/C22H28NO4/c1-23-8-7-15-9-16(13-24)21(26-3)11-17(15)19(23)10-14-5-6-20(25-2)22(27-4)18(14)12-23/h5-6,9,11,19,24H,7-8,10,12-13H2,1-4H3/q+1. The van der Waals surface area contributed by atoms with Gasteiger partial charge in [-0.3, -0.25) is 0 Å². The molecule has 0 aliphatic carbocycles. The van der Waals surface area contributed by atoms with Gasteiger partial charge in [0.15, 0.2) is 11.5 Å². The average molecular weight is 370 g/mol. The van der Waals surface area contributed by atoms with Gasteiger partial charge in [0.2, 0.25) is 0 Å². The number of rotatable bonds is 4. The van der Waals surface area contributed by atoms with Crippen LogP contribution < -0.4 is 14.2 Å². The molecule has 2 aliphatic rings. The van der Waals surface area contributed by atoms with Crippen LogP contribution >= 0.6 is 0 Å². The lowest BCUT2D eigenvalue weighted by Gasteiger charge is -2.49. The Kier molecular flexibility index (Phi) is 4.52. The highest BCUT2D eigenvalue weighted by molar-refractivity contribution is 5.52. The topological polar surface area (TPSA) is 47.9 Å². The van der Waals surface area contributed by atoms with Gasteiger partial charge in [0.05, 0.1) is 47.1 Å². The summed E-state index contributed by atoms with van der Waals surface area (Å²) in [4.78, 5) is 0. The highest BCUT2D eigenvalue weighted by atomic mass is 16.5. The summed E-state index contributed by atoms with van der Waals surface area (Å²) in [5.41, 5.74) is 6.14. The lowest BCUT2D eigenvalue weighted by molar-refractivity contribution is -0.956. The summed E-state index contributed by atoms with van der Waals surface area (Å²) in [6.45, 7) is 1.99. The second-order valence-corrected chi connectivity index (χ2v) is 7.79. The normalized spacial score (nSPS) is 23.1. The third-order valence-electron chi connectivity index (χ3n) is 6.39. The van der Waals surface area contributed by atoms with Crippen molar-refractivity contribution < 1.29 is 23.8 Å². The van der Waals surface area contributed by atoms with Gasteiger partial charge in [-0.15, -0.1) is 0 Å². The Bertz CT molecular complexity index is 879. The third kappa shape index (κ3) is 2.77. The Morgan fingerprint density at radius 3 is 2.48 bits per heavy atom. The van der Waals surface area contributed by atoms with Crippen LogP contribution in [0.25, 0.3) is 0 Å². The van der Waals surface area contributed by atoms with Gasteiger partial charge in [-0.25, -0.2) is 0 Å². The van der Waals surface area contributed by atoms with E-state index in [1.54, 1.807) is 21.3 Å². The molecule has 144 valence electrons. The van der Waals surface area contributed by atoms with Crippen LogP contribution in [0, 0.1) is 0 Å². The number of likely N-dealkylation sites (N-methyl/N-ethyl adjacent to an activating group) is 1. The summed E-state index contributed by atoms with van der Waals surface area (Å²) in [5, 5.41) is 9.66. The van der Waals surface area contributed by atoms with Gasteiger partial charge >= 0.3 is 0 Å². The molecular formula is C22H28NO4+. The van der Waals surface area contributed by atoms with Crippen LogP contribution in [0.2, 0.25) is 0 Å². The molecule has 2 aromatic carbocycles. The first kappa shape index (κ1) is 18.1. The van der Waals surface area contributed by atoms with Crippen molar-refractivity contribution in [2.75, 3.05) is 34.9 Å². The first-order chi connectivity index (χ1) is 13.0. The molecule has 0 fully saturated rings. The SMILES string of the molecule is COc1cc2c(cc1CO)CC[N+]1(C)Cc3c(ccc(OC)c3OC)CC21. The average Bonchev–Trinajstić information content (AvgIpc) is 2.70. The molecule has 4 rings (SSSR count). The molecule has 2 aliphatic heterocycles. The van der Waals surface area contributed by atoms with Crippen LogP contribution in [0.1, 0.15) is 33.9 Å². The number of aliphatic hydroxyl groups is 1. The third-order valence-corrected chi connectivity index (χ3v) is 6.39. The largest absolute Gasteiger partial charge is 0.496 e. The number of methoxy groups -OCH3 is 3. The zero-order chi connectivity index (χ0) is 19.2. The van der Waals surface area contributed by atoms with E-state index in [4.69, 9.17) is 14.2 Å². The van der Waals surface area contributed by atoms with E-state index in [-0.39, 0.29) is 6.61 Å². The molecule has 0 spiro atoms. The molecule has 0 bridgehead atoms. The van der Waals surface area contributed by atoms with Gasteiger partial charge in [0.25, 0.3) is 0 Å². The van der Waals surface area contributed by atoms with Crippen LogP contribution in [0.4, 0.5) is 0 Å². The van der Waals surface area contributed by atoms with Crippen molar-refractivity contribution in [1.82, 2.24) is 0 Å². The molecule has 0 saturated carbocycles. The maximum Gasteiger partial charge on any atom is 0.169 e. The van der Waals surface area contributed by atoms with Crippen LogP contribution in [-0.2, 0) is 26.0 Å². The van der Waals surface area contributed by atoms with Gasteiger partial charge < -0.3 is 23.8 Å². The summed E-state index contributed by atoms with van der Waals surface area (Å²) in [6.07, 6.45) is 1.96.